The first-order valence-corrected chi connectivity index (χ1v) is 6.26. The van der Waals surface area contributed by atoms with E-state index in [1.54, 1.807) is 6.20 Å². The Kier molecular flexibility index (Phi) is 3.92. The Bertz CT molecular complexity index is 508. The molecular weight excluding hydrogens is 222 g/mol. The van der Waals surface area contributed by atoms with Gasteiger partial charge in [0.1, 0.15) is 5.82 Å². The highest BCUT2D eigenvalue weighted by Gasteiger charge is 2.07. The third kappa shape index (κ3) is 3.06. The van der Waals surface area contributed by atoms with Crippen LogP contribution < -0.4 is 5.32 Å². The topological polar surface area (TPSA) is 37.8 Å². The Balaban J connectivity index is 2.01. The molecular formula is C15H19N3. The summed E-state index contributed by atoms with van der Waals surface area (Å²) in [7, 11) is 0. The van der Waals surface area contributed by atoms with Crippen LogP contribution in [0, 0.1) is 13.8 Å². The normalized spacial score (nSPS) is 12.2. The van der Waals surface area contributed by atoms with E-state index >= 15 is 0 Å². The molecule has 18 heavy (non-hydrogen) atoms. The van der Waals surface area contributed by atoms with E-state index in [1.165, 1.54) is 5.56 Å². The largest absolute Gasteiger partial charge is 0.368 e. The third-order valence-corrected chi connectivity index (χ3v) is 3.02. The summed E-state index contributed by atoms with van der Waals surface area (Å²) in [5.41, 5.74) is 3.22. The molecule has 0 fully saturated rings. The molecule has 0 bridgehead atoms. The lowest BCUT2D eigenvalue weighted by molar-refractivity contribution is 0.798. The van der Waals surface area contributed by atoms with Crippen LogP contribution >= 0.6 is 0 Å². The fourth-order valence-corrected chi connectivity index (χ4v) is 1.85. The summed E-state index contributed by atoms with van der Waals surface area (Å²) in [6, 6.07) is 10.5. The number of nitrogens with zero attached hydrogens (tertiary/aromatic N) is 2. The van der Waals surface area contributed by atoms with Crippen molar-refractivity contribution in [3.05, 3.63) is 53.5 Å². The van der Waals surface area contributed by atoms with Crippen LogP contribution in [0.2, 0.25) is 0 Å². The van der Waals surface area contributed by atoms with Crippen LogP contribution in [0.4, 0.5) is 5.82 Å². The highest BCUT2D eigenvalue weighted by molar-refractivity contribution is 5.40. The minimum Gasteiger partial charge on any atom is -0.368 e. The average Bonchev–Trinajstić information content (AvgIpc) is 2.40. The van der Waals surface area contributed by atoms with Gasteiger partial charge >= 0.3 is 0 Å². The summed E-state index contributed by atoms with van der Waals surface area (Å²) >= 11 is 0. The van der Waals surface area contributed by atoms with Crippen LogP contribution in [0.25, 0.3) is 0 Å². The Morgan fingerprint density at radius 2 is 1.89 bits per heavy atom. The first kappa shape index (κ1) is 12.6. The second-order valence-corrected chi connectivity index (χ2v) is 4.64. The summed E-state index contributed by atoms with van der Waals surface area (Å²) in [5, 5.41) is 3.38. The minimum absolute atomic E-state index is 0.452. The van der Waals surface area contributed by atoms with Gasteiger partial charge in [0.15, 0.2) is 0 Å². The zero-order chi connectivity index (χ0) is 13.0. The van der Waals surface area contributed by atoms with Crippen molar-refractivity contribution in [1.82, 2.24) is 9.97 Å². The summed E-state index contributed by atoms with van der Waals surface area (Å²) < 4.78 is 0. The Hall–Kier alpha value is -1.90. The van der Waals surface area contributed by atoms with E-state index in [4.69, 9.17) is 0 Å². The van der Waals surface area contributed by atoms with Gasteiger partial charge in [-0.2, -0.15) is 0 Å². The second kappa shape index (κ2) is 5.63. The molecule has 0 amide bonds. The zero-order valence-corrected chi connectivity index (χ0v) is 11.1. The maximum absolute atomic E-state index is 4.46. The number of nitrogens with one attached hydrogen (secondary N) is 1. The number of aryl methyl sites for hydroxylation is 2. The molecule has 0 radical (unpaired) electrons. The van der Waals surface area contributed by atoms with Crippen LogP contribution in [0.15, 0.2) is 36.5 Å². The van der Waals surface area contributed by atoms with Crippen LogP contribution in [0.3, 0.4) is 0 Å². The SMILES string of the molecule is Cc1cnc(C)c(NCC(C)c2ccccc2)n1. The monoisotopic (exact) mass is 241 g/mol. The van der Waals surface area contributed by atoms with Crippen LogP contribution in [-0.2, 0) is 0 Å². The van der Waals surface area contributed by atoms with E-state index in [-0.39, 0.29) is 0 Å². The predicted octanol–water partition coefficient (Wildman–Crippen LogP) is 3.31. The first-order chi connectivity index (χ1) is 8.66. The third-order valence-electron chi connectivity index (χ3n) is 3.02. The lowest BCUT2D eigenvalue weighted by Crippen LogP contribution is -2.12. The van der Waals surface area contributed by atoms with Crippen molar-refractivity contribution < 1.29 is 0 Å². The first-order valence-electron chi connectivity index (χ1n) is 6.26. The molecule has 94 valence electrons. The highest BCUT2D eigenvalue weighted by atomic mass is 15.0. The van der Waals surface area contributed by atoms with Gasteiger partial charge < -0.3 is 5.32 Å². The average molecular weight is 241 g/mol. The highest BCUT2D eigenvalue weighted by Crippen LogP contribution is 2.16. The van der Waals surface area contributed by atoms with Gasteiger partial charge in [0.25, 0.3) is 0 Å². The van der Waals surface area contributed by atoms with Crippen molar-refractivity contribution in [3.63, 3.8) is 0 Å². The lowest BCUT2D eigenvalue weighted by atomic mass is 10.0. The van der Waals surface area contributed by atoms with Gasteiger partial charge in [0, 0.05) is 12.7 Å². The molecule has 0 aliphatic heterocycles. The Morgan fingerprint density at radius 3 is 2.61 bits per heavy atom. The Labute approximate surface area is 108 Å². The number of benzene rings is 1. The molecule has 1 aromatic carbocycles. The van der Waals surface area contributed by atoms with Crippen molar-refractivity contribution >= 4 is 5.82 Å². The van der Waals surface area contributed by atoms with Crippen LogP contribution in [0.5, 0.6) is 0 Å². The van der Waals surface area contributed by atoms with E-state index in [2.05, 4.69) is 46.5 Å². The molecule has 1 unspecified atom stereocenters. The zero-order valence-electron chi connectivity index (χ0n) is 11.1. The molecule has 0 aliphatic rings. The molecule has 1 heterocycles. The smallest absolute Gasteiger partial charge is 0.147 e. The maximum atomic E-state index is 4.46. The van der Waals surface area contributed by atoms with Gasteiger partial charge in [-0.25, -0.2) is 4.98 Å². The maximum Gasteiger partial charge on any atom is 0.147 e. The van der Waals surface area contributed by atoms with Gasteiger partial charge in [-0.1, -0.05) is 37.3 Å². The summed E-state index contributed by atoms with van der Waals surface area (Å²) in [5.74, 6) is 1.34. The van der Waals surface area contributed by atoms with Gasteiger partial charge in [-0.05, 0) is 25.3 Å². The molecule has 2 aromatic rings. The molecule has 0 aliphatic carbocycles. The number of hydrogen-bond donors (Lipinski definition) is 1. The molecule has 3 nitrogen and oxygen atoms in total. The molecule has 0 saturated carbocycles. The quantitative estimate of drug-likeness (QED) is 0.892. The van der Waals surface area contributed by atoms with Gasteiger partial charge in [0.05, 0.1) is 11.4 Å². The number of aromatic nitrogens is 2. The van der Waals surface area contributed by atoms with E-state index in [0.717, 1.165) is 23.8 Å². The van der Waals surface area contributed by atoms with Crippen molar-refractivity contribution in [1.29, 1.82) is 0 Å². The van der Waals surface area contributed by atoms with Crippen LogP contribution in [0.1, 0.15) is 29.8 Å². The summed E-state index contributed by atoms with van der Waals surface area (Å²) in [6.45, 7) is 7.00. The molecule has 3 heteroatoms. The van der Waals surface area contributed by atoms with E-state index < -0.39 is 0 Å². The standard InChI is InChI=1S/C15H19N3/c1-11(14-7-5-4-6-8-14)9-17-15-13(3)16-10-12(2)18-15/h4-8,10-11H,9H2,1-3H3,(H,17,18). The summed E-state index contributed by atoms with van der Waals surface area (Å²) in [6.07, 6.45) is 1.79. The van der Waals surface area contributed by atoms with Crippen molar-refractivity contribution in [2.24, 2.45) is 0 Å². The molecule has 2 rings (SSSR count). The summed E-state index contributed by atoms with van der Waals surface area (Å²) in [4.78, 5) is 8.77. The second-order valence-electron chi connectivity index (χ2n) is 4.64. The predicted molar refractivity (Wildman–Crippen MR) is 74.9 cm³/mol. The van der Waals surface area contributed by atoms with E-state index in [1.807, 2.05) is 19.9 Å². The van der Waals surface area contributed by atoms with Crippen LogP contribution in [-0.4, -0.2) is 16.5 Å². The fourth-order valence-electron chi connectivity index (χ4n) is 1.85. The molecule has 1 aromatic heterocycles. The number of hydrogen-bond acceptors (Lipinski definition) is 3. The number of rotatable bonds is 4. The number of anilines is 1. The van der Waals surface area contributed by atoms with E-state index in [0.29, 0.717) is 5.92 Å². The van der Waals surface area contributed by atoms with E-state index in [9.17, 15) is 0 Å². The minimum atomic E-state index is 0.452. The lowest BCUT2D eigenvalue weighted by Gasteiger charge is -2.14. The molecule has 1 N–H and O–H groups in total. The fraction of sp³-hybridized carbons (Fsp3) is 0.333. The van der Waals surface area contributed by atoms with Crippen molar-refractivity contribution in [3.8, 4) is 0 Å². The van der Waals surface area contributed by atoms with Crippen molar-refractivity contribution in [2.75, 3.05) is 11.9 Å². The Morgan fingerprint density at radius 1 is 1.17 bits per heavy atom. The molecule has 0 spiro atoms. The van der Waals surface area contributed by atoms with Crippen molar-refractivity contribution in [2.45, 2.75) is 26.7 Å². The van der Waals surface area contributed by atoms with Gasteiger partial charge in [-0.3, -0.25) is 4.98 Å². The molecule has 0 saturated heterocycles. The van der Waals surface area contributed by atoms with Gasteiger partial charge in [-0.15, -0.1) is 0 Å². The molecule has 1 atom stereocenters. The van der Waals surface area contributed by atoms with Gasteiger partial charge in [0.2, 0.25) is 0 Å².